The summed E-state index contributed by atoms with van der Waals surface area (Å²) >= 11 is 0. The van der Waals surface area contributed by atoms with E-state index in [1.54, 1.807) is 19.2 Å². The molecule has 0 aliphatic carbocycles. The number of benzene rings is 2. The number of methoxy groups -OCH3 is 1. The number of carbonyl (C=O) groups is 1. The number of para-hydroxylation sites is 3. The van der Waals surface area contributed by atoms with E-state index in [9.17, 15) is 4.79 Å². The van der Waals surface area contributed by atoms with Crippen molar-refractivity contribution >= 4 is 17.3 Å². The van der Waals surface area contributed by atoms with Gasteiger partial charge in [-0.1, -0.05) is 37.1 Å². The SMILES string of the molecule is COc1ccccc1C(=O)Nc1ccccc1N1CCCCCC1. The van der Waals surface area contributed by atoms with Crippen LogP contribution in [0.1, 0.15) is 36.0 Å². The Kier molecular flexibility index (Phi) is 5.36. The van der Waals surface area contributed by atoms with Gasteiger partial charge in [-0.15, -0.1) is 0 Å². The fourth-order valence-electron chi connectivity index (χ4n) is 3.19. The quantitative estimate of drug-likeness (QED) is 0.910. The number of ether oxygens (including phenoxy) is 1. The summed E-state index contributed by atoms with van der Waals surface area (Å²) in [5.74, 6) is 0.442. The second-order valence-electron chi connectivity index (χ2n) is 6.07. The molecule has 3 rings (SSSR count). The first-order chi connectivity index (χ1) is 11.8. The minimum Gasteiger partial charge on any atom is -0.496 e. The summed E-state index contributed by atoms with van der Waals surface area (Å²) in [7, 11) is 1.58. The van der Waals surface area contributed by atoms with Crippen LogP contribution in [0, 0.1) is 0 Å². The van der Waals surface area contributed by atoms with Crippen LogP contribution in [-0.4, -0.2) is 26.1 Å². The van der Waals surface area contributed by atoms with E-state index in [4.69, 9.17) is 4.74 Å². The summed E-state index contributed by atoms with van der Waals surface area (Å²) in [5, 5.41) is 3.06. The number of amides is 1. The average molecular weight is 324 g/mol. The summed E-state index contributed by atoms with van der Waals surface area (Å²) in [5.41, 5.74) is 2.50. The van der Waals surface area contributed by atoms with E-state index in [1.807, 2.05) is 30.3 Å². The molecule has 4 heteroatoms. The fraction of sp³-hybridized carbons (Fsp3) is 0.350. The summed E-state index contributed by atoms with van der Waals surface area (Å²) < 4.78 is 5.30. The van der Waals surface area contributed by atoms with Crippen LogP contribution in [0.2, 0.25) is 0 Å². The van der Waals surface area contributed by atoms with Gasteiger partial charge < -0.3 is 15.0 Å². The average Bonchev–Trinajstić information content (AvgIpc) is 2.91. The first-order valence-corrected chi connectivity index (χ1v) is 8.58. The molecule has 0 aromatic heterocycles. The molecular formula is C20H24N2O2. The molecule has 1 aliphatic rings. The summed E-state index contributed by atoms with van der Waals surface area (Å²) in [4.78, 5) is 15.1. The smallest absolute Gasteiger partial charge is 0.259 e. The maximum Gasteiger partial charge on any atom is 0.259 e. The van der Waals surface area contributed by atoms with Crippen molar-refractivity contribution in [3.05, 3.63) is 54.1 Å². The Hall–Kier alpha value is -2.49. The van der Waals surface area contributed by atoms with Crippen LogP contribution in [-0.2, 0) is 0 Å². The predicted octanol–water partition coefficient (Wildman–Crippen LogP) is 4.33. The van der Waals surface area contributed by atoms with Gasteiger partial charge in [0.15, 0.2) is 0 Å². The number of anilines is 2. The highest BCUT2D eigenvalue weighted by molar-refractivity contribution is 6.07. The number of carbonyl (C=O) groups excluding carboxylic acids is 1. The number of nitrogens with one attached hydrogen (secondary N) is 1. The Bertz CT molecular complexity index is 692. The molecule has 2 aromatic rings. The van der Waals surface area contributed by atoms with Gasteiger partial charge >= 0.3 is 0 Å². The minimum absolute atomic E-state index is 0.144. The second-order valence-corrected chi connectivity index (χ2v) is 6.07. The first kappa shape index (κ1) is 16.4. The van der Waals surface area contributed by atoms with Crippen molar-refractivity contribution in [2.24, 2.45) is 0 Å². The standard InChI is InChI=1S/C20H24N2O2/c1-24-19-13-7-4-10-16(19)20(23)21-17-11-5-6-12-18(17)22-14-8-2-3-9-15-22/h4-7,10-13H,2-3,8-9,14-15H2,1H3,(H,21,23). The van der Waals surface area contributed by atoms with E-state index in [0.717, 1.165) is 24.5 Å². The molecule has 1 amide bonds. The number of hydrogen-bond donors (Lipinski definition) is 1. The molecule has 1 N–H and O–H groups in total. The lowest BCUT2D eigenvalue weighted by molar-refractivity contribution is 0.102. The Morgan fingerprint density at radius 2 is 1.62 bits per heavy atom. The summed E-state index contributed by atoms with van der Waals surface area (Å²) in [6, 6.07) is 15.3. The zero-order chi connectivity index (χ0) is 16.8. The number of nitrogens with zero attached hydrogens (tertiary/aromatic N) is 1. The molecule has 0 spiro atoms. The van der Waals surface area contributed by atoms with Crippen LogP contribution >= 0.6 is 0 Å². The Labute approximate surface area is 143 Å². The van der Waals surface area contributed by atoms with Crippen molar-refractivity contribution < 1.29 is 9.53 Å². The Morgan fingerprint density at radius 3 is 2.38 bits per heavy atom. The molecule has 1 fully saturated rings. The van der Waals surface area contributed by atoms with Crippen LogP contribution in [0.4, 0.5) is 11.4 Å². The molecule has 1 aliphatic heterocycles. The molecule has 0 saturated carbocycles. The van der Waals surface area contributed by atoms with E-state index in [0.29, 0.717) is 11.3 Å². The van der Waals surface area contributed by atoms with Gasteiger partial charge in [0.25, 0.3) is 5.91 Å². The van der Waals surface area contributed by atoms with Gasteiger partial charge in [-0.25, -0.2) is 0 Å². The highest BCUT2D eigenvalue weighted by Crippen LogP contribution is 2.29. The highest BCUT2D eigenvalue weighted by atomic mass is 16.5. The summed E-state index contributed by atoms with van der Waals surface area (Å²) in [6.07, 6.45) is 4.97. The number of hydrogen-bond acceptors (Lipinski definition) is 3. The molecule has 2 aromatic carbocycles. The third kappa shape index (κ3) is 3.70. The Morgan fingerprint density at radius 1 is 0.958 bits per heavy atom. The number of rotatable bonds is 4. The van der Waals surface area contributed by atoms with Crippen LogP contribution < -0.4 is 15.0 Å². The Balaban J connectivity index is 1.83. The van der Waals surface area contributed by atoms with Gasteiger partial charge in [0, 0.05) is 13.1 Å². The van der Waals surface area contributed by atoms with Crippen molar-refractivity contribution in [2.75, 3.05) is 30.4 Å². The molecule has 24 heavy (non-hydrogen) atoms. The van der Waals surface area contributed by atoms with Crippen molar-refractivity contribution in [3.63, 3.8) is 0 Å². The van der Waals surface area contributed by atoms with E-state index in [2.05, 4.69) is 16.3 Å². The van der Waals surface area contributed by atoms with Gasteiger partial charge in [-0.05, 0) is 37.1 Å². The molecule has 126 valence electrons. The maximum atomic E-state index is 12.7. The lowest BCUT2D eigenvalue weighted by atomic mass is 10.1. The fourth-order valence-corrected chi connectivity index (χ4v) is 3.19. The maximum absolute atomic E-state index is 12.7. The van der Waals surface area contributed by atoms with Gasteiger partial charge in [-0.2, -0.15) is 0 Å². The molecule has 0 atom stereocenters. The molecule has 0 bridgehead atoms. The van der Waals surface area contributed by atoms with Gasteiger partial charge in [0.05, 0.1) is 24.0 Å². The van der Waals surface area contributed by atoms with Crippen molar-refractivity contribution in [3.8, 4) is 5.75 Å². The van der Waals surface area contributed by atoms with E-state index >= 15 is 0 Å². The third-order valence-electron chi connectivity index (χ3n) is 4.45. The van der Waals surface area contributed by atoms with Crippen molar-refractivity contribution in [1.82, 2.24) is 0 Å². The highest BCUT2D eigenvalue weighted by Gasteiger charge is 2.17. The van der Waals surface area contributed by atoms with E-state index in [1.165, 1.54) is 25.7 Å². The molecular weight excluding hydrogens is 300 g/mol. The third-order valence-corrected chi connectivity index (χ3v) is 4.45. The topological polar surface area (TPSA) is 41.6 Å². The second kappa shape index (κ2) is 7.86. The largest absolute Gasteiger partial charge is 0.496 e. The molecule has 4 nitrogen and oxygen atoms in total. The lowest BCUT2D eigenvalue weighted by Gasteiger charge is -2.25. The molecule has 1 heterocycles. The minimum atomic E-state index is -0.144. The molecule has 1 saturated heterocycles. The zero-order valence-corrected chi connectivity index (χ0v) is 14.1. The van der Waals surface area contributed by atoms with Gasteiger partial charge in [0.1, 0.15) is 5.75 Å². The van der Waals surface area contributed by atoms with Crippen molar-refractivity contribution in [1.29, 1.82) is 0 Å². The van der Waals surface area contributed by atoms with Crippen molar-refractivity contribution in [2.45, 2.75) is 25.7 Å². The lowest BCUT2D eigenvalue weighted by Crippen LogP contribution is -2.25. The molecule has 0 unspecified atom stereocenters. The zero-order valence-electron chi connectivity index (χ0n) is 14.1. The first-order valence-electron chi connectivity index (χ1n) is 8.58. The van der Waals surface area contributed by atoms with Gasteiger partial charge in [0.2, 0.25) is 0 Å². The predicted molar refractivity (Wildman–Crippen MR) is 98.1 cm³/mol. The van der Waals surface area contributed by atoms with Crippen LogP contribution in [0.5, 0.6) is 5.75 Å². The normalized spacial score (nSPS) is 14.8. The van der Waals surface area contributed by atoms with Gasteiger partial charge in [-0.3, -0.25) is 4.79 Å². The molecule has 0 radical (unpaired) electrons. The van der Waals surface area contributed by atoms with Crippen LogP contribution in [0.15, 0.2) is 48.5 Å². The monoisotopic (exact) mass is 324 g/mol. The van der Waals surface area contributed by atoms with E-state index in [-0.39, 0.29) is 5.91 Å². The van der Waals surface area contributed by atoms with Crippen LogP contribution in [0.25, 0.3) is 0 Å². The van der Waals surface area contributed by atoms with E-state index < -0.39 is 0 Å². The summed E-state index contributed by atoms with van der Waals surface area (Å²) in [6.45, 7) is 2.09. The van der Waals surface area contributed by atoms with Crippen LogP contribution in [0.3, 0.4) is 0 Å².